The van der Waals surface area contributed by atoms with Crippen LogP contribution in [-0.4, -0.2) is 0 Å². The van der Waals surface area contributed by atoms with Gasteiger partial charge in [0, 0.05) is 0 Å². The fourth-order valence-electron chi connectivity index (χ4n) is 5.77. The Hall–Kier alpha value is -4.54. The fraction of sp³-hybridized carbons (Fsp3) is 0.161. The third kappa shape index (κ3) is 3.19. The molecule has 0 radical (unpaired) electrons. The van der Waals surface area contributed by atoms with Gasteiger partial charge in [-0.15, -0.1) is 10.5 Å². The number of hydrogen-bond donors (Lipinski definition) is 0. The summed E-state index contributed by atoms with van der Waals surface area (Å²) >= 11 is 0. The van der Waals surface area contributed by atoms with Crippen molar-refractivity contribution in [1.82, 2.24) is 0 Å². The molecule has 0 bridgehead atoms. The van der Waals surface area contributed by atoms with Gasteiger partial charge in [-0.1, -0.05) is 72.8 Å². The summed E-state index contributed by atoms with van der Waals surface area (Å²) in [5.74, 6) is 1.19. The van der Waals surface area contributed by atoms with Gasteiger partial charge in [-0.2, -0.15) is 0 Å². The minimum atomic E-state index is -0.589. The third-order valence-electron chi connectivity index (χ3n) is 7.03. The largest absolute Gasteiger partial charge is 0.387 e. The quantitative estimate of drug-likeness (QED) is 0.273. The summed E-state index contributed by atoms with van der Waals surface area (Å²) in [7, 11) is 0. The second-order valence-electron chi connectivity index (χ2n) is 9.11. The van der Waals surface area contributed by atoms with Gasteiger partial charge in [-0.3, -0.25) is 0 Å². The number of nitrogens with zero attached hydrogens (tertiary/aromatic N) is 2. The fourth-order valence-corrected chi connectivity index (χ4v) is 5.77. The summed E-state index contributed by atoms with van der Waals surface area (Å²) in [5.41, 5.74) is 10.0. The molecule has 0 fully saturated rings. The summed E-state index contributed by atoms with van der Waals surface area (Å²) in [6.45, 7) is 7.90. The lowest BCUT2D eigenvalue weighted by atomic mass is 9.66. The summed E-state index contributed by atoms with van der Waals surface area (Å²) in [4.78, 5) is 0. The molecule has 0 saturated carbocycles. The smallest absolute Gasteiger partial charge is 0.292 e. The van der Waals surface area contributed by atoms with Crippen LogP contribution in [-0.2, 0) is 5.41 Å². The third-order valence-corrected chi connectivity index (χ3v) is 7.03. The van der Waals surface area contributed by atoms with Gasteiger partial charge in [0.05, 0.1) is 5.41 Å². The highest BCUT2D eigenvalue weighted by molar-refractivity contribution is 5.86. The highest BCUT2D eigenvalue weighted by Gasteiger charge is 2.46. The predicted octanol–water partition coefficient (Wildman–Crippen LogP) is 7.00. The van der Waals surface area contributed by atoms with E-state index in [1.54, 1.807) is 0 Å². The van der Waals surface area contributed by atoms with E-state index in [1.165, 1.54) is 22.3 Å². The zero-order valence-corrected chi connectivity index (χ0v) is 20.1. The Labute approximate surface area is 205 Å². The van der Waals surface area contributed by atoms with Gasteiger partial charge >= 0.3 is 0 Å². The second-order valence-corrected chi connectivity index (χ2v) is 9.11. The molecule has 1 aliphatic rings. The predicted molar refractivity (Wildman–Crippen MR) is 135 cm³/mol. The molecule has 1 aliphatic carbocycles. The lowest BCUT2D eigenvalue weighted by Crippen LogP contribution is -2.29. The Balaban J connectivity index is 1.93. The molecule has 0 N–H and O–H groups in total. The molecular formula is C31H24N2O2. The minimum absolute atomic E-state index is 0.589. The molecule has 5 rings (SSSR count). The van der Waals surface area contributed by atoms with E-state index in [0.717, 1.165) is 33.4 Å². The zero-order chi connectivity index (χ0) is 24.7. The van der Waals surface area contributed by atoms with Gasteiger partial charge in [0.2, 0.25) is 0 Å². The van der Waals surface area contributed by atoms with Crippen molar-refractivity contribution in [2.75, 3.05) is 0 Å². The van der Waals surface area contributed by atoms with Crippen LogP contribution in [0.15, 0.2) is 72.8 Å². The van der Waals surface area contributed by atoms with Crippen molar-refractivity contribution in [2.45, 2.75) is 33.1 Å². The van der Waals surface area contributed by atoms with Crippen molar-refractivity contribution in [3.05, 3.63) is 117 Å². The van der Waals surface area contributed by atoms with Crippen LogP contribution in [0.2, 0.25) is 0 Å². The summed E-state index contributed by atoms with van der Waals surface area (Å²) in [6, 6.07) is 25.6. The molecule has 0 aromatic heterocycles. The molecule has 4 aromatic rings. The number of aryl methyl sites for hydroxylation is 4. The van der Waals surface area contributed by atoms with E-state index in [2.05, 4.69) is 72.8 Å². The van der Waals surface area contributed by atoms with Gasteiger partial charge in [0.1, 0.15) is 11.5 Å². The van der Waals surface area contributed by atoms with E-state index in [9.17, 15) is 0 Å². The molecule has 0 heterocycles. The van der Waals surface area contributed by atoms with Crippen LogP contribution in [0.5, 0.6) is 11.5 Å². The molecule has 35 heavy (non-hydrogen) atoms. The molecular weight excluding hydrogens is 432 g/mol. The lowest BCUT2D eigenvalue weighted by Gasteiger charge is -2.35. The Kier molecular flexibility index (Phi) is 5.31. The maximum Gasteiger partial charge on any atom is 0.292 e. The van der Waals surface area contributed by atoms with Crippen LogP contribution >= 0.6 is 0 Å². The van der Waals surface area contributed by atoms with Gasteiger partial charge in [0.25, 0.3) is 12.5 Å². The maximum absolute atomic E-state index is 9.16. The first-order chi connectivity index (χ1) is 16.9. The van der Waals surface area contributed by atoms with Crippen LogP contribution < -0.4 is 9.47 Å². The molecule has 0 atom stereocenters. The lowest BCUT2D eigenvalue weighted by molar-refractivity contribution is 0.497. The molecule has 0 amide bonds. The van der Waals surface area contributed by atoms with Crippen molar-refractivity contribution in [1.29, 1.82) is 10.5 Å². The first kappa shape index (κ1) is 22.3. The monoisotopic (exact) mass is 456 g/mol. The summed E-state index contributed by atoms with van der Waals surface area (Å²) in [6.07, 6.45) is 3.64. The number of benzene rings is 4. The Morgan fingerprint density at radius 1 is 0.571 bits per heavy atom. The first-order valence-electron chi connectivity index (χ1n) is 11.5. The normalized spacial score (nSPS) is 12.7. The van der Waals surface area contributed by atoms with Crippen molar-refractivity contribution in [3.8, 4) is 35.1 Å². The molecule has 170 valence electrons. The summed E-state index contributed by atoms with van der Waals surface area (Å²) < 4.78 is 10.6. The van der Waals surface area contributed by atoms with Crippen LogP contribution in [0, 0.1) is 50.7 Å². The van der Waals surface area contributed by atoms with Gasteiger partial charge in [-0.25, -0.2) is 0 Å². The van der Waals surface area contributed by atoms with E-state index >= 15 is 0 Å². The highest BCUT2D eigenvalue weighted by Crippen LogP contribution is 2.57. The first-order valence-corrected chi connectivity index (χ1v) is 11.5. The topological polar surface area (TPSA) is 66.0 Å². The molecule has 4 heteroatoms. The Morgan fingerprint density at radius 2 is 0.914 bits per heavy atom. The number of rotatable bonds is 4. The van der Waals surface area contributed by atoms with Crippen LogP contribution in [0.1, 0.15) is 44.5 Å². The van der Waals surface area contributed by atoms with Gasteiger partial charge in [0.15, 0.2) is 0 Å². The van der Waals surface area contributed by atoms with E-state index in [-0.39, 0.29) is 0 Å². The number of ether oxygens (including phenoxy) is 2. The Bertz CT molecular complexity index is 1400. The average Bonchev–Trinajstić information content (AvgIpc) is 3.15. The number of fused-ring (bicyclic) bond motifs is 3. The standard InChI is InChI=1S/C31H24N2O2/c1-19-13-23(14-20(2)29(19)34-17-32)31(24-15-21(3)30(35-18-33)22(4)16-24)27-11-7-5-9-25(27)26-10-6-8-12-28(26)31/h5-16H,1-4H3. The number of hydrogen-bond acceptors (Lipinski definition) is 4. The number of nitriles is 2. The van der Waals surface area contributed by atoms with E-state index < -0.39 is 5.41 Å². The maximum atomic E-state index is 9.16. The average molecular weight is 457 g/mol. The zero-order valence-electron chi connectivity index (χ0n) is 20.1. The van der Waals surface area contributed by atoms with Crippen LogP contribution in [0.25, 0.3) is 11.1 Å². The van der Waals surface area contributed by atoms with E-state index in [4.69, 9.17) is 20.0 Å². The molecule has 0 aliphatic heterocycles. The van der Waals surface area contributed by atoms with Gasteiger partial charge in [-0.05, 0) is 83.3 Å². The van der Waals surface area contributed by atoms with E-state index in [0.29, 0.717) is 11.5 Å². The van der Waals surface area contributed by atoms with Crippen molar-refractivity contribution < 1.29 is 9.47 Å². The van der Waals surface area contributed by atoms with Crippen molar-refractivity contribution >= 4 is 0 Å². The van der Waals surface area contributed by atoms with Gasteiger partial charge < -0.3 is 9.47 Å². The van der Waals surface area contributed by atoms with Crippen LogP contribution in [0.4, 0.5) is 0 Å². The SMILES string of the molecule is Cc1cc(C2(c3cc(C)c(OC#N)c(C)c3)c3ccccc3-c3ccccc32)cc(C)c1OC#N. The minimum Gasteiger partial charge on any atom is -0.387 e. The Morgan fingerprint density at radius 3 is 1.26 bits per heavy atom. The molecule has 0 unspecified atom stereocenters. The second kappa shape index (κ2) is 8.35. The van der Waals surface area contributed by atoms with Crippen molar-refractivity contribution in [2.24, 2.45) is 0 Å². The van der Waals surface area contributed by atoms with E-state index in [1.807, 2.05) is 40.2 Å². The molecule has 4 nitrogen and oxygen atoms in total. The van der Waals surface area contributed by atoms with Crippen molar-refractivity contribution in [3.63, 3.8) is 0 Å². The molecule has 4 aromatic carbocycles. The molecule has 0 saturated heterocycles. The highest BCUT2D eigenvalue weighted by atomic mass is 16.5. The molecule has 0 spiro atoms. The van der Waals surface area contributed by atoms with Crippen LogP contribution in [0.3, 0.4) is 0 Å². The summed E-state index contributed by atoms with van der Waals surface area (Å²) in [5, 5.41) is 18.3.